The molecule has 0 bridgehead atoms. The van der Waals surface area contributed by atoms with E-state index in [-0.39, 0.29) is 5.82 Å². The lowest BCUT2D eigenvalue weighted by atomic mass is 10.2. The molecule has 0 atom stereocenters. The minimum Gasteiger partial charge on any atom is -0.337 e. The van der Waals surface area contributed by atoms with Crippen molar-refractivity contribution in [1.82, 2.24) is 15.0 Å². The summed E-state index contributed by atoms with van der Waals surface area (Å²) in [5.41, 5.74) is 2.07. The van der Waals surface area contributed by atoms with E-state index in [1.165, 1.54) is 12.1 Å². The maximum absolute atomic E-state index is 13.3. The molecule has 1 aromatic carbocycles. The van der Waals surface area contributed by atoms with Crippen LogP contribution in [-0.2, 0) is 0 Å². The Morgan fingerprint density at radius 2 is 2.00 bits per heavy atom. The van der Waals surface area contributed by atoms with Crippen molar-refractivity contribution in [2.75, 3.05) is 0 Å². The summed E-state index contributed by atoms with van der Waals surface area (Å²) < 4.78 is 14.9. The molecular formula is C12H6Br2FN3. The van der Waals surface area contributed by atoms with Gasteiger partial charge in [0.15, 0.2) is 5.65 Å². The second-order valence-electron chi connectivity index (χ2n) is 3.73. The van der Waals surface area contributed by atoms with Crippen molar-refractivity contribution in [3.8, 4) is 11.4 Å². The second-order valence-corrected chi connectivity index (χ2v) is 5.50. The van der Waals surface area contributed by atoms with Crippen molar-refractivity contribution >= 4 is 43.0 Å². The third-order valence-corrected chi connectivity index (χ3v) is 3.61. The Morgan fingerprint density at radius 3 is 2.83 bits per heavy atom. The molecule has 0 spiro atoms. The topological polar surface area (TPSA) is 41.6 Å². The third-order valence-electron chi connectivity index (χ3n) is 2.49. The van der Waals surface area contributed by atoms with E-state index in [9.17, 15) is 4.39 Å². The highest BCUT2D eigenvalue weighted by molar-refractivity contribution is 9.10. The van der Waals surface area contributed by atoms with Gasteiger partial charge in [0.1, 0.15) is 11.6 Å². The van der Waals surface area contributed by atoms with Crippen molar-refractivity contribution in [3.63, 3.8) is 0 Å². The molecule has 0 radical (unpaired) electrons. The number of fused-ring (bicyclic) bond motifs is 1. The molecular weight excluding hydrogens is 365 g/mol. The van der Waals surface area contributed by atoms with Gasteiger partial charge < -0.3 is 4.98 Å². The van der Waals surface area contributed by atoms with Gasteiger partial charge in [-0.25, -0.2) is 14.4 Å². The van der Waals surface area contributed by atoms with E-state index in [2.05, 4.69) is 46.8 Å². The zero-order chi connectivity index (χ0) is 12.7. The van der Waals surface area contributed by atoms with Gasteiger partial charge in [-0.3, -0.25) is 0 Å². The van der Waals surface area contributed by atoms with Crippen LogP contribution in [0.4, 0.5) is 4.39 Å². The first kappa shape index (κ1) is 11.8. The van der Waals surface area contributed by atoms with Crippen molar-refractivity contribution in [1.29, 1.82) is 0 Å². The van der Waals surface area contributed by atoms with Gasteiger partial charge in [0.2, 0.25) is 0 Å². The average Bonchev–Trinajstić information content (AvgIpc) is 2.74. The van der Waals surface area contributed by atoms with Gasteiger partial charge in [0.05, 0.1) is 5.52 Å². The quantitative estimate of drug-likeness (QED) is 0.694. The van der Waals surface area contributed by atoms with E-state index in [0.717, 1.165) is 14.5 Å². The van der Waals surface area contributed by atoms with Gasteiger partial charge in [-0.2, -0.15) is 0 Å². The summed E-state index contributed by atoms with van der Waals surface area (Å²) >= 11 is 6.73. The molecule has 2 heterocycles. The van der Waals surface area contributed by atoms with Crippen LogP contribution >= 0.6 is 31.9 Å². The van der Waals surface area contributed by atoms with Crippen molar-refractivity contribution < 1.29 is 4.39 Å². The van der Waals surface area contributed by atoms with Gasteiger partial charge in [-0.15, -0.1) is 0 Å². The Hall–Kier alpha value is -1.27. The summed E-state index contributed by atoms with van der Waals surface area (Å²) in [6.07, 6.45) is 1.67. The first-order valence-electron chi connectivity index (χ1n) is 5.10. The summed E-state index contributed by atoms with van der Waals surface area (Å²) in [6, 6.07) is 6.36. The highest BCUT2D eigenvalue weighted by Crippen LogP contribution is 2.28. The number of halogens is 3. The largest absolute Gasteiger partial charge is 0.337 e. The van der Waals surface area contributed by atoms with Gasteiger partial charge >= 0.3 is 0 Å². The normalized spacial score (nSPS) is 11.1. The number of hydrogen-bond donors (Lipinski definition) is 1. The fourth-order valence-electron chi connectivity index (χ4n) is 1.68. The summed E-state index contributed by atoms with van der Waals surface area (Å²) in [6.45, 7) is 0. The first-order valence-corrected chi connectivity index (χ1v) is 6.69. The molecule has 3 nitrogen and oxygen atoms in total. The van der Waals surface area contributed by atoms with Crippen LogP contribution in [0.2, 0.25) is 0 Å². The average molecular weight is 371 g/mol. The molecule has 0 aliphatic carbocycles. The zero-order valence-corrected chi connectivity index (χ0v) is 12.1. The van der Waals surface area contributed by atoms with Crippen LogP contribution in [0.3, 0.4) is 0 Å². The Balaban J connectivity index is 2.22. The Morgan fingerprint density at radius 1 is 1.17 bits per heavy atom. The van der Waals surface area contributed by atoms with E-state index in [0.29, 0.717) is 17.0 Å². The van der Waals surface area contributed by atoms with Crippen LogP contribution in [0.15, 0.2) is 39.4 Å². The SMILES string of the molecule is Fc1ccc(Br)c(-c2nc3ncc(Br)cc3[nH]2)c1. The standard InChI is InChI=1S/C12H6Br2FN3/c13-6-3-10-12(16-5-6)18-11(17-10)8-4-7(15)1-2-9(8)14/h1-5H,(H,16,17,18). The van der Waals surface area contributed by atoms with Crippen molar-refractivity contribution in [3.05, 3.63) is 45.2 Å². The number of benzene rings is 1. The summed E-state index contributed by atoms with van der Waals surface area (Å²) in [5, 5.41) is 0. The molecule has 0 fully saturated rings. The number of pyridine rings is 1. The van der Waals surface area contributed by atoms with Gasteiger partial charge in [-0.1, -0.05) is 15.9 Å². The summed E-state index contributed by atoms with van der Waals surface area (Å²) in [5.74, 6) is 0.282. The smallest absolute Gasteiger partial charge is 0.178 e. The number of rotatable bonds is 1. The Bertz CT molecular complexity index is 739. The predicted molar refractivity (Wildman–Crippen MR) is 74.7 cm³/mol. The van der Waals surface area contributed by atoms with Crippen LogP contribution in [0.1, 0.15) is 0 Å². The molecule has 6 heteroatoms. The molecule has 90 valence electrons. The molecule has 1 N–H and O–H groups in total. The zero-order valence-electron chi connectivity index (χ0n) is 8.92. The van der Waals surface area contributed by atoms with Crippen LogP contribution in [0.5, 0.6) is 0 Å². The number of nitrogens with one attached hydrogen (secondary N) is 1. The Kier molecular flexibility index (Phi) is 2.91. The maximum Gasteiger partial charge on any atom is 0.178 e. The van der Waals surface area contributed by atoms with E-state index in [4.69, 9.17) is 0 Å². The second kappa shape index (κ2) is 4.44. The number of nitrogens with zero attached hydrogens (tertiary/aromatic N) is 2. The highest BCUT2D eigenvalue weighted by Gasteiger charge is 2.10. The van der Waals surface area contributed by atoms with Gasteiger partial charge in [-0.05, 0) is 40.2 Å². The maximum atomic E-state index is 13.3. The molecule has 3 aromatic rings. The molecule has 0 saturated carbocycles. The summed E-state index contributed by atoms with van der Waals surface area (Å²) in [7, 11) is 0. The number of aromatic amines is 1. The molecule has 0 amide bonds. The molecule has 0 saturated heterocycles. The highest BCUT2D eigenvalue weighted by atomic mass is 79.9. The van der Waals surface area contributed by atoms with E-state index < -0.39 is 0 Å². The molecule has 0 unspecified atom stereocenters. The molecule has 18 heavy (non-hydrogen) atoms. The lowest BCUT2D eigenvalue weighted by Crippen LogP contribution is -1.84. The first-order chi connectivity index (χ1) is 8.63. The van der Waals surface area contributed by atoms with Crippen LogP contribution in [0, 0.1) is 5.82 Å². The molecule has 0 aliphatic rings. The van der Waals surface area contributed by atoms with Crippen molar-refractivity contribution in [2.45, 2.75) is 0 Å². The lowest BCUT2D eigenvalue weighted by Gasteiger charge is -2.00. The molecule has 2 aromatic heterocycles. The Labute approximate surface area is 119 Å². The fraction of sp³-hybridized carbons (Fsp3) is 0. The molecule has 0 aliphatic heterocycles. The van der Waals surface area contributed by atoms with E-state index in [1.807, 2.05) is 6.07 Å². The number of aromatic nitrogens is 3. The minimum atomic E-state index is -0.303. The number of hydrogen-bond acceptors (Lipinski definition) is 2. The number of H-pyrrole nitrogens is 1. The summed E-state index contributed by atoms with van der Waals surface area (Å²) in [4.78, 5) is 11.6. The minimum absolute atomic E-state index is 0.303. The van der Waals surface area contributed by atoms with Crippen LogP contribution in [0.25, 0.3) is 22.6 Å². The third kappa shape index (κ3) is 2.06. The lowest BCUT2D eigenvalue weighted by molar-refractivity contribution is 0.628. The van der Waals surface area contributed by atoms with E-state index in [1.54, 1.807) is 12.3 Å². The van der Waals surface area contributed by atoms with Gasteiger partial charge in [0, 0.05) is 20.7 Å². The predicted octanol–water partition coefficient (Wildman–Crippen LogP) is 4.29. The van der Waals surface area contributed by atoms with Gasteiger partial charge in [0.25, 0.3) is 0 Å². The van der Waals surface area contributed by atoms with Crippen molar-refractivity contribution in [2.24, 2.45) is 0 Å². The van der Waals surface area contributed by atoms with Crippen LogP contribution in [-0.4, -0.2) is 15.0 Å². The monoisotopic (exact) mass is 369 g/mol. The molecule has 3 rings (SSSR count). The fourth-order valence-corrected chi connectivity index (χ4v) is 2.45. The van der Waals surface area contributed by atoms with Crippen LogP contribution < -0.4 is 0 Å². The van der Waals surface area contributed by atoms with E-state index >= 15 is 0 Å². The number of imidazole rings is 1.